The van der Waals surface area contributed by atoms with Gasteiger partial charge >= 0.3 is 12.0 Å². The van der Waals surface area contributed by atoms with Crippen molar-refractivity contribution in [1.29, 1.82) is 0 Å². The lowest BCUT2D eigenvalue weighted by molar-refractivity contribution is -0.147. The van der Waals surface area contributed by atoms with Crippen LogP contribution in [-0.4, -0.2) is 53.7 Å². The van der Waals surface area contributed by atoms with Gasteiger partial charge < -0.3 is 19.6 Å². The van der Waals surface area contributed by atoms with Gasteiger partial charge in [0.15, 0.2) is 0 Å². The first-order chi connectivity index (χ1) is 9.70. The number of amides is 2. The van der Waals surface area contributed by atoms with E-state index in [-0.39, 0.29) is 6.03 Å². The molecule has 0 aliphatic heterocycles. The minimum absolute atomic E-state index is 0.356. The van der Waals surface area contributed by atoms with Crippen molar-refractivity contribution in [3.05, 3.63) is 29.8 Å². The Morgan fingerprint density at radius 1 is 1.29 bits per heavy atom. The highest BCUT2D eigenvalue weighted by atomic mass is 16.5. The Labute approximate surface area is 124 Å². The van der Waals surface area contributed by atoms with Crippen LogP contribution in [0, 0.1) is 0 Å². The average molecular weight is 294 g/mol. The molecule has 6 heteroatoms. The summed E-state index contributed by atoms with van der Waals surface area (Å²) in [5.74, 6) is -0.333. The zero-order valence-corrected chi connectivity index (χ0v) is 13.1. The molecule has 0 unspecified atom stereocenters. The van der Waals surface area contributed by atoms with Crippen LogP contribution in [0.15, 0.2) is 24.3 Å². The van der Waals surface area contributed by atoms with E-state index in [0.717, 1.165) is 5.56 Å². The predicted molar refractivity (Wildman–Crippen MR) is 79.3 cm³/mol. The summed E-state index contributed by atoms with van der Waals surface area (Å²) in [5, 5.41) is 9.17. The van der Waals surface area contributed by atoms with E-state index < -0.39 is 11.5 Å². The number of benzene rings is 1. The first-order valence-corrected chi connectivity index (χ1v) is 6.55. The summed E-state index contributed by atoms with van der Waals surface area (Å²) in [4.78, 5) is 26.2. The third kappa shape index (κ3) is 3.87. The van der Waals surface area contributed by atoms with E-state index in [1.807, 2.05) is 24.3 Å². The SMILES string of the molecule is COc1cccc(CN(C)C(=O)N(C)C(C)(C)C(=O)O)c1. The van der Waals surface area contributed by atoms with Crippen molar-refractivity contribution in [2.24, 2.45) is 0 Å². The molecule has 0 spiro atoms. The molecule has 1 N–H and O–H groups in total. The number of ether oxygens (including phenoxy) is 1. The fourth-order valence-corrected chi connectivity index (χ4v) is 1.75. The Morgan fingerprint density at radius 3 is 2.43 bits per heavy atom. The Hall–Kier alpha value is -2.24. The number of aliphatic carboxylic acids is 1. The van der Waals surface area contributed by atoms with Crippen LogP contribution in [0.2, 0.25) is 0 Å². The monoisotopic (exact) mass is 294 g/mol. The standard InChI is InChI=1S/C15H22N2O4/c1-15(2,13(18)19)17(4)14(20)16(3)10-11-7-6-8-12(9-11)21-5/h6-9H,10H2,1-5H3,(H,18,19). The zero-order chi connectivity index (χ0) is 16.2. The van der Waals surface area contributed by atoms with Gasteiger partial charge in [-0.15, -0.1) is 0 Å². The molecule has 21 heavy (non-hydrogen) atoms. The van der Waals surface area contributed by atoms with Crippen LogP contribution in [0.1, 0.15) is 19.4 Å². The lowest BCUT2D eigenvalue weighted by Crippen LogP contribution is -2.54. The molecule has 6 nitrogen and oxygen atoms in total. The molecule has 0 saturated heterocycles. The number of hydrogen-bond donors (Lipinski definition) is 1. The van der Waals surface area contributed by atoms with E-state index >= 15 is 0 Å². The molecule has 1 rings (SSSR count). The lowest BCUT2D eigenvalue weighted by Gasteiger charge is -2.34. The van der Waals surface area contributed by atoms with Gasteiger partial charge in [0.1, 0.15) is 11.3 Å². The molecule has 0 aliphatic rings. The average Bonchev–Trinajstić information content (AvgIpc) is 2.45. The van der Waals surface area contributed by atoms with Crippen LogP contribution < -0.4 is 4.74 Å². The van der Waals surface area contributed by atoms with Crippen molar-refractivity contribution in [3.8, 4) is 5.75 Å². The van der Waals surface area contributed by atoms with Gasteiger partial charge in [-0.05, 0) is 31.5 Å². The van der Waals surface area contributed by atoms with E-state index in [1.165, 1.54) is 30.7 Å². The Morgan fingerprint density at radius 2 is 1.90 bits per heavy atom. The summed E-state index contributed by atoms with van der Waals surface area (Å²) in [6, 6.07) is 7.04. The number of carbonyl (C=O) groups excluding carboxylic acids is 1. The molecule has 0 radical (unpaired) electrons. The van der Waals surface area contributed by atoms with Gasteiger partial charge in [0.25, 0.3) is 0 Å². The second kappa shape index (κ2) is 6.47. The highest BCUT2D eigenvalue weighted by Gasteiger charge is 2.36. The van der Waals surface area contributed by atoms with Crippen molar-refractivity contribution in [1.82, 2.24) is 9.80 Å². The second-order valence-electron chi connectivity index (χ2n) is 5.41. The van der Waals surface area contributed by atoms with E-state index in [9.17, 15) is 14.7 Å². The number of carbonyl (C=O) groups is 2. The van der Waals surface area contributed by atoms with Crippen LogP contribution in [-0.2, 0) is 11.3 Å². The molecule has 0 saturated carbocycles. The van der Waals surface area contributed by atoms with E-state index in [1.54, 1.807) is 14.2 Å². The number of carboxylic acid groups (broad SMARTS) is 1. The molecule has 1 aromatic rings. The Bertz CT molecular complexity index is 528. The van der Waals surface area contributed by atoms with Gasteiger partial charge in [0.2, 0.25) is 0 Å². The molecule has 116 valence electrons. The molecular weight excluding hydrogens is 272 g/mol. The fraction of sp³-hybridized carbons (Fsp3) is 0.467. The normalized spacial score (nSPS) is 10.9. The smallest absolute Gasteiger partial charge is 0.329 e. The summed E-state index contributed by atoms with van der Waals surface area (Å²) in [6.07, 6.45) is 0. The Kier molecular flexibility index (Phi) is 5.18. The van der Waals surface area contributed by atoms with Gasteiger partial charge in [-0.2, -0.15) is 0 Å². The summed E-state index contributed by atoms with van der Waals surface area (Å²) in [7, 11) is 4.70. The fourth-order valence-electron chi connectivity index (χ4n) is 1.75. The molecule has 2 amide bonds. The second-order valence-corrected chi connectivity index (χ2v) is 5.41. The third-order valence-electron chi connectivity index (χ3n) is 3.53. The van der Waals surface area contributed by atoms with E-state index in [2.05, 4.69) is 0 Å². The molecular formula is C15H22N2O4. The van der Waals surface area contributed by atoms with Crippen LogP contribution in [0.5, 0.6) is 5.75 Å². The van der Waals surface area contributed by atoms with Crippen molar-refractivity contribution >= 4 is 12.0 Å². The summed E-state index contributed by atoms with van der Waals surface area (Å²) in [6.45, 7) is 3.36. The minimum atomic E-state index is -1.26. The minimum Gasteiger partial charge on any atom is -0.497 e. The van der Waals surface area contributed by atoms with Crippen LogP contribution >= 0.6 is 0 Å². The first kappa shape index (κ1) is 16.8. The van der Waals surface area contributed by atoms with Crippen molar-refractivity contribution < 1.29 is 19.4 Å². The molecule has 0 aliphatic carbocycles. The number of hydrogen-bond acceptors (Lipinski definition) is 3. The van der Waals surface area contributed by atoms with Crippen molar-refractivity contribution in [2.45, 2.75) is 25.9 Å². The predicted octanol–water partition coefficient (Wildman–Crippen LogP) is 2.04. The molecule has 1 aromatic carbocycles. The molecule has 0 aromatic heterocycles. The van der Waals surface area contributed by atoms with E-state index in [0.29, 0.717) is 12.3 Å². The quantitative estimate of drug-likeness (QED) is 0.902. The largest absolute Gasteiger partial charge is 0.497 e. The van der Waals surface area contributed by atoms with Crippen LogP contribution in [0.3, 0.4) is 0 Å². The molecule has 0 fully saturated rings. The first-order valence-electron chi connectivity index (χ1n) is 6.55. The number of urea groups is 1. The maximum absolute atomic E-state index is 12.3. The van der Waals surface area contributed by atoms with E-state index in [4.69, 9.17) is 4.74 Å². The van der Waals surface area contributed by atoms with Gasteiger partial charge in [-0.25, -0.2) is 9.59 Å². The van der Waals surface area contributed by atoms with Crippen LogP contribution in [0.25, 0.3) is 0 Å². The number of rotatable bonds is 5. The molecule has 0 heterocycles. The van der Waals surface area contributed by atoms with Gasteiger partial charge in [-0.3, -0.25) is 0 Å². The maximum atomic E-state index is 12.3. The zero-order valence-electron chi connectivity index (χ0n) is 13.1. The van der Waals surface area contributed by atoms with Gasteiger partial charge in [-0.1, -0.05) is 12.1 Å². The third-order valence-corrected chi connectivity index (χ3v) is 3.53. The summed E-state index contributed by atoms with van der Waals surface area (Å²) < 4.78 is 5.14. The summed E-state index contributed by atoms with van der Waals surface area (Å²) in [5.41, 5.74) is -0.355. The number of nitrogens with zero attached hydrogens (tertiary/aromatic N) is 2. The van der Waals surface area contributed by atoms with Crippen LogP contribution in [0.4, 0.5) is 4.79 Å². The number of methoxy groups -OCH3 is 1. The van der Waals surface area contributed by atoms with Gasteiger partial charge in [0.05, 0.1) is 7.11 Å². The topological polar surface area (TPSA) is 70.1 Å². The lowest BCUT2D eigenvalue weighted by atomic mass is 10.0. The summed E-state index contributed by atoms with van der Waals surface area (Å²) >= 11 is 0. The Balaban J connectivity index is 2.81. The highest BCUT2D eigenvalue weighted by Crippen LogP contribution is 2.17. The molecule has 0 bridgehead atoms. The number of carboxylic acids is 1. The maximum Gasteiger partial charge on any atom is 0.329 e. The van der Waals surface area contributed by atoms with Gasteiger partial charge in [0, 0.05) is 20.6 Å². The number of likely N-dealkylation sites (N-methyl/N-ethyl adjacent to an activating group) is 1. The van der Waals surface area contributed by atoms with Crippen molar-refractivity contribution in [2.75, 3.05) is 21.2 Å². The van der Waals surface area contributed by atoms with Crippen molar-refractivity contribution in [3.63, 3.8) is 0 Å². The highest BCUT2D eigenvalue weighted by molar-refractivity contribution is 5.85. The molecule has 0 atom stereocenters.